The van der Waals surface area contributed by atoms with E-state index in [1.165, 1.54) is 5.56 Å². The quantitative estimate of drug-likeness (QED) is 0.527. The molecule has 7 heteroatoms. The number of nitrogen functional groups attached to an aromatic ring is 2. The molecule has 0 bridgehead atoms. The van der Waals surface area contributed by atoms with E-state index in [1.807, 2.05) is 24.1 Å². The molecule has 0 amide bonds. The number of pyridine rings is 1. The maximum Gasteiger partial charge on any atom is 0.223 e. The zero-order chi connectivity index (χ0) is 13.7. The number of aromatic nitrogens is 3. The van der Waals surface area contributed by atoms with E-state index in [-0.39, 0.29) is 5.95 Å². The Labute approximate surface area is 111 Å². The van der Waals surface area contributed by atoms with E-state index < -0.39 is 0 Å². The van der Waals surface area contributed by atoms with Gasteiger partial charge in [0.15, 0.2) is 0 Å². The third kappa shape index (κ3) is 3.52. The van der Waals surface area contributed by atoms with Crippen molar-refractivity contribution in [3.8, 4) is 0 Å². The van der Waals surface area contributed by atoms with Crippen LogP contribution in [0, 0.1) is 0 Å². The van der Waals surface area contributed by atoms with Crippen LogP contribution in [0.1, 0.15) is 5.56 Å². The van der Waals surface area contributed by atoms with Gasteiger partial charge in [-0.3, -0.25) is 4.98 Å². The van der Waals surface area contributed by atoms with Gasteiger partial charge in [0.25, 0.3) is 0 Å². The van der Waals surface area contributed by atoms with Gasteiger partial charge in [0, 0.05) is 32.1 Å². The Bertz CT molecular complexity index is 529. The molecule has 0 saturated heterocycles. The summed E-state index contributed by atoms with van der Waals surface area (Å²) in [6.45, 7) is 0.810. The summed E-state index contributed by atoms with van der Waals surface area (Å²) in [5, 5.41) is 0. The van der Waals surface area contributed by atoms with Gasteiger partial charge in [-0.25, -0.2) is 5.84 Å². The molecule has 0 spiro atoms. The van der Waals surface area contributed by atoms with Crippen molar-refractivity contribution >= 4 is 17.6 Å². The summed E-state index contributed by atoms with van der Waals surface area (Å²) < 4.78 is 0. The fourth-order valence-corrected chi connectivity index (χ4v) is 1.68. The molecule has 2 aromatic rings. The number of hydrazine groups is 1. The Kier molecular flexibility index (Phi) is 4.09. The predicted octanol–water partition coefficient (Wildman–Crippen LogP) is 0.418. The monoisotopic (exact) mass is 259 g/mol. The van der Waals surface area contributed by atoms with Gasteiger partial charge in [0.1, 0.15) is 11.6 Å². The normalized spacial score (nSPS) is 10.2. The molecule has 0 unspecified atom stereocenters. The lowest BCUT2D eigenvalue weighted by molar-refractivity contribution is 0.856. The van der Waals surface area contributed by atoms with Crippen molar-refractivity contribution in [2.45, 2.75) is 6.42 Å². The minimum absolute atomic E-state index is 0.196. The number of hydrogen-bond acceptors (Lipinski definition) is 7. The molecule has 2 rings (SSSR count). The first-order chi connectivity index (χ1) is 9.19. The van der Waals surface area contributed by atoms with Crippen LogP contribution >= 0.6 is 0 Å². The summed E-state index contributed by atoms with van der Waals surface area (Å²) in [6, 6.07) is 5.74. The molecule has 0 fully saturated rings. The van der Waals surface area contributed by atoms with Gasteiger partial charge in [-0.1, -0.05) is 0 Å². The van der Waals surface area contributed by atoms with Gasteiger partial charge in [-0.05, 0) is 24.1 Å². The SMILES string of the molecule is CN(CCc1ccncc1)c1cc(NN)nc(N)n1. The first-order valence-electron chi connectivity index (χ1n) is 5.90. The number of hydrogen-bond donors (Lipinski definition) is 3. The largest absolute Gasteiger partial charge is 0.368 e. The van der Waals surface area contributed by atoms with E-state index in [0.29, 0.717) is 5.82 Å². The Morgan fingerprint density at radius 1 is 1.26 bits per heavy atom. The summed E-state index contributed by atoms with van der Waals surface area (Å²) in [6.07, 6.45) is 4.47. The molecule has 7 nitrogen and oxygen atoms in total. The lowest BCUT2D eigenvalue weighted by atomic mass is 10.2. The number of nitrogens with two attached hydrogens (primary N) is 2. The predicted molar refractivity (Wildman–Crippen MR) is 75.5 cm³/mol. The molecule has 5 N–H and O–H groups in total. The number of nitrogens with one attached hydrogen (secondary N) is 1. The highest BCUT2D eigenvalue weighted by Gasteiger charge is 2.06. The first kappa shape index (κ1) is 13.0. The van der Waals surface area contributed by atoms with Crippen LogP contribution in [0.2, 0.25) is 0 Å². The van der Waals surface area contributed by atoms with Crippen molar-refractivity contribution in [3.63, 3.8) is 0 Å². The number of anilines is 3. The molecular formula is C12H17N7. The van der Waals surface area contributed by atoms with Gasteiger partial charge >= 0.3 is 0 Å². The maximum absolute atomic E-state index is 5.63. The van der Waals surface area contributed by atoms with E-state index in [9.17, 15) is 0 Å². The van der Waals surface area contributed by atoms with Crippen molar-refractivity contribution in [1.29, 1.82) is 0 Å². The summed E-state index contributed by atoms with van der Waals surface area (Å²) in [4.78, 5) is 14.1. The smallest absolute Gasteiger partial charge is 0.223 e. The Morgan fingerprint density at radius 2 is 2.00 bits per heavy atom. The lowest BCUT2D eigenvalue weighted by Crippen LogP contribution is -2.22. The minimum atomic E-state index is 0.196. The molecule has 0 aromatic carbocycles. The van der Waals surface area contributed by atoms with Crippen LogP contribution in [0.25, 0.3) is 0 Å². The molecule has 100 valence electrons. The number of likely N-dealkylation sites (N-methyl/N-ethyl adjacent to an activating group) is 1. The van der Waals surface area contributed by atoms with E-state index in [2.05, 4.69) is 20.4 Å². The van der Waals surface area contributed by atoms with Gasteiger partial charge in [-0.2, -0.15) is 9.97 Å². The van der Waals surface area contributed by atoms with Crippen LogP contribution in [0.4, 0.5) is 17.6 Å². The van der Waals surface area contributed by atoms with Crippen LogP contribution in [-0.4, -0.2) is 28.5 Å². The zero-order valence-electron chi connectivity index (χ0n) is 10.7. The standard InChI is InChI=1S/C12H17N7/c1-19(7-4-9-2-5-15-6-3-9)11-8-10(18-14)16-12(13)17-11/h2-3,5-6,8H,4,7,14H2,1H3,(H3,13,16,17,18). The average Bonchev–Trinajstić information content (AvgIpc) is 2.45. The molecule has 2 heterocycles. The second-order valence-corrected chi connectivity index (χ2v) is 4.14. The highest BCUT2D eigenvalue weighted by Crippen LogP contribution is 2.15. The second kappa shape index (κ2) is 5.96. The zero-order valence-corrected chi connectivity index (χ0v) is 10.7. The van der Waals surface area contributed by atoms with Crippen LogP contribution in [0.3, 0.4) is 0 Å². The molecule has 0 radical (unpaired) electrons. The fraction of sp³-hybridized carbons (Fsp3) is 0.250. The summed E-state index contributed by atoms with van der Waals surface area (Å²) in [5.41, 5.74) is 9.32. The molecule has 19 heavy (non-hydrogen) atoms. The molecule has 0 aliphatic rings. The third-order valence-electron chi connectivity index (χ3n) is 2.75. The third-order valence-corrected chi connectivity index (χ3v) is 2.75. The number of rotatable bonds is 5. The molecule has 0 atom stereocenters. The van der Waals surface area contributed by atoms with Crippen molar-refractivity contribution in [1.82, 2.24) is 15.0 Å². The van der Waals surface area contributed by atoms with E-state index in [0.717, 1.165) is 18.8 Å². The van der Waals surface area contributed by atoms with Crippen molar-refractivity contribution < 1.29 is 0 Å². The van der Waals surface area contributed by atoms with Crippen LogP contribution < -0.4 is 21.9 Å². The highest BCUT2D eigenvalue weighted by molar-refractivity contribution is 5.51. The molecule has 0 aliphatic carbocycles. The van der Waals surface area contributed by atoms with Crippen molar-refractivity contribution in [3.05, 3.63) is 36.2 Å². The maximum atomic E-state index is 5.63. The number of nitrogens with zero attached hydrogens (tertiary/aromatic N) is 4. The summed E-state index contributed by atoms with van der Waals surface area (Å²) in [5.74, 6) is 6.76. The van der Waals surface area contributed by atoms with Crippen LogP contribution in [0.5, 0.6) is 0 Å². The van der Waals surface area contributed by atoms with E-state index in [1.54, 1.807) is 18.5 Å². The molecular weight excluding hydrogens is 242 g/mol. The Balaban J connectivity index is 2.03. The molecule has 0 saturated carbocycles. The second-order valence-electron chi connectivity index (χ2n) is 4.14. The first-order valence-corrected chi connectivity index (χ1v) is 5.90. The highest BCUT2D eigenvalue weighted by atomic mass is 15.3. The van der Waals surface area contributed by atoms with E-state index in [4.69, 9.17) is 11.6 Å². The minimum Gasteiger partial charge on any atom is -0.368 e. The van der Waals surface area contributed by atoms with Gasteiger partial charge in [0.05, 0.1) is 0 Å². The summed E-state index contributed by atoms with van der Waals surface area (Å²) in [7, 11) is 1.95. The van der Waals surface area contributed by atoms with Gasteiger partial charge < -0.3 is 16.1 Å². The van der Waals surface area contributed by atoms with E-state index >= 15 is 0 Å². The average molecular weight is 259 g/mol. The summed E-state index contributed by atoms with van der Waals surface area (Å²) >= 11 is 0. The van der Waals surface area contributed by atoms with Crippen molar-refractivity contribution in [2.24, 2.45) is 5.84 Å². The lowest BCUT2D eigenvalue weighted by Gasteiger charge is -2.18. The van der Waals surface area contributed by atoms with Gasteiger partial charge in [-0.15, -0.1) is 0 Å². The van der Waals surface area contributed by atoms with Crippen LogP contribution in [0.15, 0.2) is 30.6 Å². The van der Waals surface area contributed by atoms with Crippen LogP contribution in [-0.2, 0) is 6.42 Å². The fourth-order valence-electron chi connectivity index (χ4n) is 1.68. The Morgan fingerprint density at radius 3 is 2.68 bits per heavy atom. The van der Waals surface area contributed by atoms with Gasteiger partial charge in [0.2, 0.25) is 5.95 Å². The van der Waals surface area contributed by atoms with Crippen molar-refractivity contribution in [2.75, 3.05) is 29.7 Å². The Hall–Kier alpha value is -2.41. The topological polar surface area (TPSA) is 106 Å². The molecule has 2 aromatic heterocycles. The molecule has 0 aliphatic heterocycles.